The first-order chi connectivity index (χ1) is 14.5. The number of hydrogen-bond donors (Lipinski definition) is 1. The highest BCUT2D eigenvalue weighted by atomic mass is 32.2. The largest absolute Gasteiger partial charge is 0.467 e. The summed E-state index contributed by atoms with van der Waals surface area (Å²) < 4.78 is 33.3. The Kier molecular flexibility index (Phi) is 5.41. The molecule has 1 aliphatic rings. The maximum atomic E-state index is 12.6. The second-order valence-electron chi connectivity index (χ2n) is 6.87. The second kappa shape index (κ2) is 8.16. The van der Waals surface area contributed by atoms with Crippen molar-refractivity contribution < 1.29 is 17.6 Å². The molecule has 0 fully saturated rings. The average molecular weight is 423 g/mol. The fraction of sp³-hybridized carbons (Fsp3) is 0.182. The van der Waals surface area contributed by atoms with E-state index in [9.17, 15) is 13.2 Å². The molecule has 1 N–H and O–H groups in total. The van der Waals surface area contributed by atoms with Crippen molar-refractivity contribution in [3.63, 3.8) is 0 Å². The molecule has 0 saturated heterocycles. The molecule has 1 atom stereocenters. The first-order valence-electron chi connectivity index (χ1n) is 9.59. The number of benzene rings is 2. The van der Waals surface area contributed by atoms with Crippen LogP contribution >= 0.6 is 0 Å². The summed E-state index contributed by atoms with van der Waals surface area (Å²) in [6.07, 6.45) is 2.37. The van der Waals surface area contributed by atoms with Crippen LogP contribution in [0.4, 0.5) is 5.69 Å². The van der Waals surface area contributed by atoms with E-state index in [0.717, 1.165) is 5.56 Å². The highest BCUT2D eigenvalue weighted by Gasteiger charge is 2.34. The second-order valence-corrected chi connectivity index (χ2v) is 8.56. The zero-order valence-electron chi connectivity index (χ0n) is 16.4. The average Bonchev–Trinajstić information content (AvgIpc) is 3.43. The van der Waals surface area contributed by atoms with Crippen LogP contribution in [0.2, 0.25) is 0 Å². The number of amides is 1. The zero-order valence-corrected chi connectivity index (χ0v) is 17.2. The van der Waals surface area contributed by atoms with E-state index >= 15 is 0 Å². The van der Waals surface area contributed by atoms with E-state index in [1.54, 1.807) is 55.7 Å². The van der Waals surface area contributed by atoms with Crippen LogP contribution in [-0.2, 0) is 14.8 Å². The maximum Gasteiger partial charge on any atom is 0.261 e. The normalized spacial score (nSPS) is 16.4. The fourth-order valence-electron chi connectivity index (χ4n) is 3.36. The van der Waals surface area contributed by atoms with Crippen molar-refractivity contribution in [3.8, 4) is 0 Å². The first kappa shape index (κ1) is 19.9. The lowest BCUT2D eigenvalue weighted by molar-refractivity contribution is -0.133. The van der Waals surface area contributed by atoms with E-state index in [-0.39, 0.29) is 16.8 Å². The van der Waals surface area contributed by atoms with Crippen LogP contribution in [0.15, 0.2) is 87.4 Å². The van der Waals surface area contributed by atoms with Gasteiger partial charge in [-0.15, -0.1) is 0 Å². The van der Waals surface area contributed by atoms with Crippen molar-refractivity contribution in [3.05, 3.63) is 84.3 Å². The number of sulfonamides is 1. The molecule has 1 amide bonds. The molecule has 0 unspecified atom stereocenters. The topological polar surface area (TPSA) is 92.0 Å². The molecule has 30 heavy (non-hydrogen) atoms. The van der Waals surface area contributed by atoms with Gasteiger partial charge in [0.2, 0.25) is 5.91 Å². The van der Waals surface area contributed by atoms with Gasteiger partial charge in [0.05, 0.1) is 16.9 Å². The van der Waals surface area contributed by atoms with Crippen LogP contribution < -0.4 is 4.72 Å². The number of anilines is 1. The van der Waals surface area contributed by atoms with Crippen molar-refractivity contribution in [1.29, 1.82) is 0 Å². The zero-order chi connectivity index (χ0) is 21.1. The Bertz CT molecular complexity index is 1170. The fourth-order valence-corrected chi connectivity index (χ4v) is 4.43. The highest BCUT2D eigenvalue weighted by molar-refractivity contribution is 7.92. The van der Waals surface area contributed by atoms with Gasteiger partial charge in [-0.3, -0.25) is 9.52 Å². The van der Waals surface area contributed by atoms with Crippen LogP contribution in [-0.4, -0.2) is 25.0 Å². The number of carbonyl (C=O) groups excluding carboxylic acids is 1. The molecule has 4 rings (SSSR count). The summed E-state index contributed by atoms with van der Waals surface area (Å²) in [4.78, 5) is 12.6. The van der Waals surface area contributed by atoms with Crippen LogP contribution in [0.3, 0.4) is 0 Å². The van der Waals surface area contributed by atoms with Gasteiger partial charge in [0.25, 0.3) is 10.0 Å². The number of hydrazone groups is 1. The van der Waals surface area contributed by atoms with E-state index in [4.69, 9.17) is 4.42 Å². The Balaban J connectivity index is 1.61. The van der Waals surface area contributed by atoms with Crippen molar-refractivity contribution >= 4 is 27.3 Å². The summed E-state index contributed by atoms with van der Waals surface area (Å²) in [5, 5.41) is 5.98. The van der Waals surface area contributed by atoms with Gasteiger partial charge in [0.1, 0.15) is 11.8 Å². The SMILES string of the molecule is CCC(=O)N1N=C(c2cccc(NS(=O)(=O)c3ccccc3)c2)C[C@H]1c1ccco1. The molecule has 3 aromatic rings. The van der Waals surface area contributed by atoms with E-state index < -0.39 is 10.0 Å². The molecule has 0 bridgehead atoms. The Labute approximate surface area is 175 Å². The lowest BCUT2D eigenvalue weighted by Crippen LogP contribution is -2.25. The van der Waals surface area contributed by atoms with E-state index in [2.05, 4.69) is 9.82 Å². The summed E-state index contributed by atoms with van der Waals surface area (Å²) in [6, 6.07) is 18.5. The van der Waals surface area contributed by atoms with Gasteiger partial charge in [-0.05, 0) is 42.0 Å². The van der Waals surface area contributed by atoms with Gasteiger partial charge in [0, 0.05) is 18.5 Å². The third kappa shape index (κ3) is 3.99. The predicted octanol–water partition coefficient (Wildman–Crippen LogP) is 4.17. The number of nitrogens with one attached hydrogen (secondary N) is 1. The van der Waals surface area contributed by atoms with Crippen molar-refractivity contribution in [2.45, 2.75) is 30.7 Å². The van der Waals surface area contributed by atoms with Crippen molar-refractivity contribution in [1.82, 2.24) is 5.01 Å². The molecule has 1 aromatic heterocycles. The van der Waals surface area contributed by atoms with Crippen LogP contribution in [0, 0.1) is 0 Å². The lowest BCUT2D eigenvalue weighted by Gasteiger charge is -2.18. The molecule has 0 radical (unpaired) electrons. The molecular weight excluding hydrogens is 402 g/mol. The third-order valence-corrected chi connectivity index (χ3v) is 6.24. The third-order valence-electron chi connectivity index (χ3n) is 4.84. The molecule has 2 aromatic carbocycles. The van der Waals surface area contributed by atoms with Gasteiger partial charge >= 0.3 is 0 Å². The van der Waals surface area contributed by atoms with Crippen LogP contribution in [0.25, 0.3) is 0 Å². The lowest BCUT2D eigenvalue weighted by atomic mass is 10.0. The summed E-state index contributed by atoms with van der Waals surface area (Å²) in [5.74, 6) is 0.559. The Morgan fingerprint density at radius 3 is 2.63 bits per heavy atom. The summed E-state index contributed by atoms with van der Waals surface area (Å²) in [6.45, 7) is 1.79. The Morgan fingerprint density at radius 1 is 1.13 bits per heavy atom. The first-order valence-corrected chi connectivity index (χ1v) is 11.1. The number of nitrogens with zero attached hydrogens (tertiary/aromatic N) is 2. The predicted molar refractivity (Wildman–Crippen MR) is 113 cm³/mol. The monoisotopic (exact) mass is 423 g/mol. The van der Waals surface area contributed by atoms with Gasteiger partial charge in [-0.25, -0.2) is 13.4 Å². The molecule has 1 aliphatic heterocycles. The number of carbonyl (C=O) groups is 1. The van der Waals surface area contributed by atoms with E-state index in [1.165, 1.54) is 17.1 Å². The van der Waals surface area contributed by atoms with Gasteiger partial charge in [-0.2, -0.15) is 5.10 Å². The number of hydrogen-bond acceptors (Lipinski definition) is 5. The van der Waals surface area contributed by atoms with E-state index in [1.807, 2.05) is 12.1 Å². The molecule has 8 heteroatoms. The van der Waals surface area contributed by atoms with Gasteiger partial charge < -0.3 is 4.42 Å². The molecule has 0 saturated carbocycles. The molecule has 7 nitrogen and oxygen atoms in total. The minimum Gasteiger partial charge on any atom is -0.467 e. The highest BCUT2D eigenvalue weighted by Crippen LogP contribution is 2.34. The summed E-state index contributed by atoms with van der Waals surface area (Å²) in [5.41, 5.74) is 1.86. The maximum absolute atomic E-state index is 12.6. The number of furan rings is 1. The van der Waals surface area contributed by atoms with Crippen molar-refractivity contribution in [2.75, 3.05) is 4.72 Å². The van der Waals surface area contributed by atoms with Crippen LogP contribution in [0.5, 0.6) is 0 Å². The molecule has 0 spiro atoms. The smallest absolute Gasteiger partial charge is 0.261 e. The molecule has 2 heterocycles. The summed E-state index contributed by atoms with van der Waals surface area (Å²) >= 11 is 0. The standard InChI is InChI=1S/C22H21N3O4S/c1-2-22(26)25-20(21-12-7-13-29-21)15-19(23-25)16-8-6-9-17(14-16)24-30(27,28)18-10-4-3-5-11-18/h3-14,20,24H,2,15H2,1H3/t20-/m0/s1. The molecule has 154 valence electrons. The van der Waals surface area contributed by atoms with Crippen molar-refractivity contribution in [2.24, 2.45) is 5.10 Å². The minimum atomic E-state index is -3.70. The quantitative estimate of drug-likeness (QED) is 0.644. The Morgan fingerprint density at radius 2 is 1.93 bits per heavy atom. The van der Waals surface area contributed by atoms with E-state index in [0.29, 0.717) is 30.0 Å². The minimum absolute atomic E-state index is 0.104. The number of rotatable bonds is 6. The van der Waals surface area contributed by atoms with Gasteiger partial charge in [0.15, 0.2) is 0 Å². The van der Waals surface area contributed by atoms with Gasteiger partial charge in [-0.1, -0.05) is 37.3 Å². The Hall–Kier alpha value is -3.39. The molecular formula is C22H21N3O4S. The molecule has 0 aliphatic carbocycles. The van der Waals surface area contributed by atoms with Crippen LogP contribution in [0.1, 0.15) is 37.1 Å². The summed E-state index contributed by atoms with van der Waals surface area (Å²) in [7, 11) is -3.70.